The molecule has 1 aromatic heterocycles. The molecule has 2 heterocycles. The van der Waals surface area contributed by atoms with Crippen LogP contribution in [0.4, 0.5) is 5.69 Å². The van der Waals surface area contributed by atoms with E-state index in [0.717, 1.165) is 57.1 Å². The Morgan fingerprint density at radius 1 is 0.844 bits per heavy atom. The molecule has 0 atom stereocenters. The third-order valence-corrected chi connectivity index (χ3v) is 6.93. The molecule has 5 rings (SSSR count). The van der Waals surface area contributed by atoms with Crippen LogP contribution in [0.25, 0.3) is 0 Å². The van der Waals surface area contributed by atoms with Crippen LogP contribution in [0.3, 0.4) is 0 Å². The van der Waals surface area contributed by atoms with Gasteiger partial charge in [0.2, 0.25) is 5.91 Å². The van der Waals surface area contributed by atoms with Crippen molar-refractivity contribution < 1.29 is 14.4 Å². The summed E-state index contributed by atoms with van der Waals surface area (Å²) in [5.41, 5.74) is 6.92. The molecule has 1 aliphatic heterocycles. The quantitative estimate of drug-likeness (QED) is 0.525. The first-order chi connectivity index (χ1) is 15.6. The number of pyridine rings is 1. The topological polar surface area (TPSA) is 79.4 Å². The lowest BCUT2D eigenvalue weighted by atomic mass is 9.92. The van der Waals surface area contributed by atoms with Gasteiger partial charge in [0.25, 0.3) is 11.8 Å². The molecule has 0 unspecified atom stereocenters. The third-order valence-electron chi connectivity index (χ3n) is 6.93. The van der Waals surface area contributed by atoms with E-state index < -0.39 is 0 Å². The summed E-state index contributed by atoms with van der Waals surface area (Å²) in [5, 5.41) is 3.23. The second-order valence-electron chi connectivity index (χ2n) is 9.06. The third kappa shape index (κ3) is 3.83. The molecule has 6 heteroatoms. The normalized spacial score (nSPS) is 16.7. The van der Waals surface area contributed by atoms with Gasteiger partial charge >= 0.3 is 0 Å². The van der Waals surface area contributed by atoms with Crippen LogP contribution in [-0.4, -0.2) is 34.2 Å². The summed E-state index contributed by atoms with van der Waals surface area (Å²) in [6, 6.07) is 6.96. The predicted octanol–water partition coefficient (Wildman–Crippen LogP) is 4.24. The van der Waals surface area contributed by atoms with Gasteiger partial charge in [-0.2, -0.15) is 0 Å². The van der Waals surface area contributed by atoms with Crippen LogP contribution in [0.15, 0.2) is 24.3 Å². The maximum Gasteiger partial charge on any atom is 0.261 e. The summed E-state index contributed by atoms with van der Waals surface area (Å²) in [4.78, 5) is 43.8. The van der Waals surface area contributed by atoms with Crippen LogP contribution in [-0.2, 0) is 30.5 Å². The monoisotopic (exact) mass is 431 g/mol. The first-order valence-corrected chi connectivity index (χ1v) is 11.9. The summed E-state index contributed by atoms with van der Waals surface area (Å²) in [6.07, 6.45) is 10.2. The van der Waals surface area contributed by atoms with Crippen molar-refractivity contribution in [2.45, 2.75) is 70.6 Å². The number of imide groups is 1. The van der Waals surface area contributed by atoms with Gasteiger partial charge in [-0.05, 0) is 81.0 Å². The van der Waals surface area contributed by atoms with E-state index in [1.165, 1.54) is 33.8 Å². The van der Waals surface area contributed by atoms with Gasteiger partial charge < -0.3 is 5.32 Å². The summed E-state index contributed by atoms with van der Waals surface area (Å²) in [5.74, 6) is -0.363. The van der Waals surface area contributed by atoms with Gasteiger partial charge in [0.15, 0.2) is 0 Å². The van der Waals surface area contributed by atoms with Crippen LogP contribution in [0.2, 0.25) is 0 Å². The van der Waals surface area contributed by atoms with Gasteiger partial charge in [0.05, 0.1) is 16.8 Å². The Balaban J connectivity index is 1.13. The fourth-order valence-electron chi connectivity index (χ4n) is 5.27. The largest absolute Gasteiger partial charge is 0.325 e. The first-order valence-electron chi connectivity index (χ1n) is 11.9. The van der Waals surface area contributed by atoms with Gasteiger partial charge in [0.1, 0.15) is 0 Å². The van der Waals surface area contributed by atoms with Crippen molar-refractivity contribution in [3.05, 3.63) is 57.9 Å². The van der Waals surface area contributed by atoms with E-state index in [4.69, 9.17) is 4.98 Å². The van der Waals surface area contributed by atoms with Crippen molar-refractivity contribution in [1.29, 1.82) is 0 Å². The van der Waals surface area contributed by atoms with Gasteiger partial charge in [0, 0.05) is 24.4 Å². The van der Waals surface area contributed by atoms with Crippen LogP contribution in [0.5, 0.6) is 0 Å². The average Bonchev–Trinajstić information content (AvgIpc) is 3.37. The molecule has 2 aromatic rings. The fourth-order valence-corrected chi connectivity index (χ4v) is 5.27. The number of nitrogens with zero attached hydrogens (tertiary/aromatic N) is 2. The molecule has 0 saturated carbocycles. The molecule has 6 nitrogen and oxygen atoms in total. The molecular weight excluding hydrogens is 402 g/mol. The highest BCUT2D eigenvalue weighted by Gasteiger charge is 2.34. The van der Waals surface area contributed by atoms with Gasteiger partial charge in [-0.15, -0.1) is 0 Å². The molecule has 2 aliphatic carbocycles. The second kappa shape index (κ2) is 8.85. The van der Waals surface area contributed by atoms with Crippen molar-refractivity contribution >= 4 is 23.4 Å². The van der Waals surface area contributed by atoms with Crippen LogP contribution in [0, 0.1) is 0 Å². The number of nitrogens with one attached hydrogen (secondary N) is 1. The Morgan fingerprint density at radius 2 is 1.47 bits per heavy atom. The molecule has 0 saturated heterocycles. The number of unbranched alkanes of at least 4 members (excludes halogenated alkanes) is 2. The van der Waals surface area contributed by atoms with Crippen LogP contribution >= 0.6 is 0 Å². The lowest BCUT2D eigenvalue weighted by Crippen LogP contribution is -2.30. The molecule has 0 bridgehead atoms. The minimum atomic E-state index is -0.209. The number of amides is 3. The van der Waals surface area contributed by atoms with Crippen molar-refractivity contribution in [3.8, 4) is 0 Å². The van der Waals surface area contributed by atoms with Crippen LogP contribution < -0.4 is 5.32 Å². The number of carbonyl (C=O) groups is 3. The Kier molecular flexibility index (Phi) is 5.77. The molecule has 0 spiro atoms. The second-order valence-corrected chi connectivity index (χ2v) is 9.06. The smallest absolute Gasteiger partial charge is 0.261 e. The fraction of sp³-hybridized carbons (Fsp3) is 0.462. The Bertz CT molecular complexity index is 1060. The van der Waals surface area contributed by atoms with Crippen molar-refractivity contribution in [1.82, 2.24) is 9.88 Å². The van der Waals surface area contributed by atoms with E-state index in [-0.39, 0.29) is 17.7 Å². The molecule has 1 N–H and O–H groups in total. The maximum atomic E-state index is 12.7. The number of carbonyl (C=O) groups excluding carboxylic acids is 3. The Hall–Kier alpha value is -3.02. The zero-order valence-corrected chi connectivity index (χ0v) is 18.4. The molecule has 166 valence electrons. The molecule has 0 radical (unpaired) electrons. The molecule has 3 amide bonds. The highest BCUT2D eigenvalue weighted by molar-refractivity contribution is 6.21. The Labute approximate surface area is 188 Å². The average molecular weight is 432 g/mol. The summed E-state index contributed by atoms with van der Waals surface area (Å²) < 4.78 is 0. The van der Waals surface area contributed by atoms with E-state index in [2.05, 4.69) is 5.32 Å². The number of rotatable bonds is 7. The number of hydrogen-bond donors (Lipinski definition) is 1. The number of fused-ring (bicyclic) bond motifs is 3. The van der Waals surface area contributed by atoms with E-state index in [9.17, 15) is 14.4 Å². The highest BCUT2D eigenvalue weighted by atomic mass is 16.2. The van der Waals surface area contributed by atoms with Gasteiger partial charge in [-0.1, -0.05) is 18.6 Å². The van der Waals surface area contributed by atoms with Crippen molar-refractivity contribution in [3.63, 3.8) is 0 Å². The summed E-state index contributed by atoms with van der Waals surface area (Å²) >= 11 is 0. The van der Waals surface area contributed by atoms with Gasteiger partial charge in [-0.3, -0.25) is 24.3 Å². The molecule has 0 fully saturated rings. The number of aryl methyl sites for hydroxylation is 2. The SMILES string of the molecule is O=C(CCCCCN1C(=O)c2ccccc2C1=O)Nc1c2c(nc3c1CCC3)CCCC2. The molecule has 3 aliphatic rings. The number of anilines is 1. The first kappa shape index (κ1) is 20.9. The lowest BCUT2D eigenvalue weighted by molar-refractivity contribution is -0.116. The van der Waals surface area contributed by atoms with E-state index in [1.54, 1.807) is 24.3 Å². The zero-order chi connectivity index (χ0) is 22.1. The zero-order valence-electron chi connectivity index (χ0n) is 18.4. The highest BCUT2D eigenvalue weighted by Crippen LogP contribution is 2.36. The van der Waals surface area contributed by atoms with E-state index >= 15 is 0 Å². The van der Waals surface area contributed by atoms with Crippen molar-refractivity contribution in [2.75, 3.05) is 11.9 Å². The number of aromatic nitrogens is 1. The predicted molar refractivity (Wildman–Crippen MR) is 122 cm³/mol. The Morgan fingerprint density at radius 3 is 2.19 bits per heavy atom. The number of hydrogen-bond acceptors (Lipinski definition) is 4. The summed E-state index contributed by atoms with van der Waals surface area (Å²) in [6.45, 7) is 0.402. The lowest BCUT2D eigenvalue weighted by Gasteiger charge is -2.22. The minimum Gasteiger partial charge on any atom is -0.325 e. The minimum absolute atomic E-state index is 0.0544. The maximum absolute atomic E-state index is 12.7. The van der Waals surface area contributed by atoms with Crippen molar-refractivity contribution in [2.24, 2.45) is 0 Å². The van der Waals surface area contributed by atoms with Crippen LogP contribution in [0.1, 0.15) is 88.2 Å². The summed E-state index contributed by atoms with van der Waals surface area (Å²) in [7, 11) is 0. The van der Waals surface area contributed by atoms with Gasteiger partial charge in [-0.25, -0.2) is 0 Å². The standard InChI is InChI=1S/C26H29N3O3/c30-23(28-24-19-11-5-6-13-21(19)27-22-14-8-12-20(22)24)15-2-1-7-16-29-25(31)17-9-3-4-10-18(17)26(29)32/h3-4,9-10H,1-2,5-8,11-16H2,(H,27,28,30). The number of benzene rings is 1. The van der Waals surface area contributed by atoms with E-state index in [0.29, 0.717) is 30.5 Å². The molecule has 1 aromatic carbocycles. The molecule has 32 heavy (non-hydrogen) atoms. The van der Waals surface area contributed by atoms with E-state index in [1.807, 2.05) is 0 Å². The molecular formula is C26H29N3O3.